The van der Waals surface area contributed by atoms with Gasteiger partial charge in [-0.05, 0) is 30.5 Å². The Balaban J connectivity index is 1.61. The van der Waals surface area contributed by atoms with E-state index in [0.29, 0.717) is 5.75 Å². The van der Waals surface area contributed by atoms with Crippen molar-refractivity contribution in [3.8, 4) is 10.6 Å². The lowest BCUT2D eigenvalue weighted by Crippen LogP contribution is -2.02. The average Bonchev–Trinajstić information content (AvgIpc) is 3.08. The lowest BCUT2D eigenvalue weighted by molar-refractivity contribution is 0.102. The smallest absolute Gasteiger partial charge is 0.173 e. The maximum atomic E-state index is 12.1. The predicted molar refractivity (Wildman–Crippen MR) is 91.6 cm³/mol. The predicted octanol–water partition coefficient (Wildman–Crippen LogP) is 4.49. The fourth-order valence-electron chi connectivity index (χ4n) is 1.92. The van der Waals surface area contributed by atoms with E-state index in [2.05, 4.69) is 10.2 Å². The molecular weight excluding hydrogens is 312 g/mol. The highest BCUT2D eigenvalue weighted by Crippen LogP contribution is 2.24. The van der Waals surface area contributed by atoms with Crippen molar-refractivity contribution in [1.29, 1.82) is 0 Å². The van der Waals surface area contributed by atoms with E-state index in [9.17, 15) is 4.79 Å². The molecule has 110 valence electrons. The SMILES string of the molecule is Cc1ccc(C(=O)CSc2ccc(-c3cccs3)nn2)cc1. The van der Waals surface area contributed by atoms with Gasteiger partial charge < -0.3 is 0 Å². The van der Waals surface area contributed by atoms with Gasteiger partial charge in [0, 0.05) is 5.56 Å². The topological polar surface area (TPSA) is 42.9 Å². The van der Waals surface area contributed by atoms with E-state index < -0.39 is 0 Å². The second-order valence-electron chi connectivity index (χ2n) is 4.81. The van der Waals surface area contributed by atoms with Gasteiger partial charge in [0.25, 0.3) is 0 Å². The molecule has 0 aliphatic heterocycles. The first-order valence-corrected chi connectivity index (χ1v) is 8.69. The molecule has 0 aliphatic carbocycles. The zero-order chi connectivity index (χ0) is 15.4. The van der Waals surface area contributed by atoms with Crippen LogP contribution >= 0.6 is 23.1 Å². The van der Waals surface area contributed by atoms with Crippen LogP contribution in [0.4, 0.5) is 0 Å². The van der Waals surface area contributed by atoms with E-state index in [1.807, 2.05) is 60.8 Å². The van der Waals surface area contributed by atoms with Crippen molar-refractivity contribution in [3.05, 3.63) is 65.0 Å². The van der Waals surface area contributed by atoms with Gasteiger partial charge in [-0.15, -0.1) is 21.5 Å². The summed E-state index contributed by atoms with van der Waals surface area (Å²) < 4.78 is 0. The Morgan fingerprint density at radius 2 is 1.91 bits per heavy atom. The molecule has 3 aromatic rings. The van der Waals surface area contributed by atoms with Crippen molar-refractivity contribution >= 4 is 28.9 Å². The highest BCUT2D eigenvalue weighted by molar-refractivity contribution is 7.99. The number of thioether (sulfide) groups is 1. The molecule has 3 nitrogen and oxygen atoms in total. The van der Waals surface area contributed by atoms with Gasteiger partial charge in [-0.1, -0.05) is 47.7 Å². The summed E-state index contributed by atoms with van der Waals surface area (Å²) in [5, 5.41) is 11.2. The first-order valence-electron chi connectivity index (χ1n) is 6.82. The number of rotatable bonds is 5. The number of nitrogens with zero attached hydrogens (tertiary/aromatic N) is 2. The van der Waals surface area contributed by atoms with Crippen molar-refractivity contribution in [1.82, 2.24) is 10.2 Å². The van der Waals surface area contributed by atoms with E-state index in [0.717, 1.165) is 26.7 Å². The Bertz CT molecular complexity index is 750. The summed E-state index contributed by atoms with van der Waals surface area (Å²) in [6, 6.07) is 15.5. The third-order valence-corrected chi connectivity index (χ3v) is 4.95. The molecule has 0 radical (unpaired) electrons. The van der Waals surface area contributed by atoms with Gasteiger partial charge >= 0.3 is 0 Å². The molecular formula is C17H14N2OS2. The Morgan fingerprint density at radius 3 is 2.55 bits per heavy atom. The molecule has 0 spiro atoms. The van der Waals surface area contributed by atoms with Crippen LogP contribution in [0.1, 0.15) is 15.9 Å². The molecule has 0 saturated heterocycles. The summed E-state index contributed by atoms with van der Waals surface area (Å²) in [6.07, 6.45) is 0. The van der Waals surface area contributed by atoms with E-state index in [4.69, 9.17) is 0 Å². The van der Waals surface area contributed by atoms with E-state index in [1.165, 1.54) is 11.8 Å². The molecule has 0 aliphatic rings. The number of Topliss-reactive ketones (excluding diaryl/α,β-unsaturated/α-hetero) is 1. The van der Waals surface area contributed by atoms with E-state index in [1.54, 1.807) is 11.3 Å². The number of carbonyl (C=O) groups is 1. The normalized spacial score (nSPS) is 10.6. The molecule has 22 heavy (non-hydrogen) atoms. The van der Waals surface area contributed by atoms with Gasteiger partial charge in [-0.3, -0.25) is 4.79 Å². The van der Waals surface area contributed by atoms with Gasteiger partial charge in [0.05, 0.1) is 10.6 Å². The van der Waals surface area contributed by atoms with Crippen molar-refractivity contribution in [3.63, 3.8) is 0 Å². The first-order chi connectivity index (χ1) is 10.7. The summed E-state index contributed by atoms with van der Waals surface area (Å²) in [5.41, 5.74) is 2.75. The van der Waals surface area contributed by atoms with Crippen molar-refractivity contribution in [2.24, 2.45) is 0 Å². The fraction of sp³-hybridized carbons (Fsp3) is 0.118. The second-order valence-corrected chi connectivity index (χ2v) is 6.76. The van der Waals surface area contributed by atoms with Gasteiger partial charge in [0.15, 0.2) is 5.78 Å². The lowest BCUT2D eigenvalue weighted by atomic mass is 10.1. The molecule has 0 amide bonds. The Morgan fingerprint density at radius 1 is 1.09 bits per heavy atom. The van der Waals surface area contributed by atoms with Gasteiger partial charge in [-0.25, -0.2) is 0 Å². The highest BCUT2D eigenvalue weighted by Gasteiger charge is 2.08. The number of benzene rings is 1. The summed E-state index contributed by atoms with van der Waals surface area (Å²) in [7, 11) is 0. The van der Waals surface area contributed by atoms with E-state index in [-0.39, 0.29) is 5.78 Å². The van der Waals surface area contributed by atoms with Crippen molar-refractivity contribution < 1.29 is 4.79 Å². The number of carbonyl (C=O) groups excluding carboxylic acids is 1. The number of hydrogen-bond donors (Lipinski definition) is 0. The minimum Gasteiger partial charge on any atom is -0.293 e. The molecule has 5 heteroatoms. The van der Waals surface area contributed by atoms with Gasteiger partial charge in [0.1, 0.15) is 10.7 Å². The molecule has 2 aromatic heterocycles. The molecule has 0 unspecified atom stereocenters. The molecule has 2 heterocycles. The largest absolute Gasteiger partial charge is 0.293 e. The van der Waals surface area contributed by atoms with Crippen LogP contribution in [0, 0.1) is 6.92 Å². The molecule has 0 saturated carbocycles. The van der Waals surface area contributed by atoms with Crippen LogP contribution < -0.4 is 0 Å². The lowest BCUT2D eigenvalue weighted by Gasteiger charge is -2.02. The van der Waals surface area contributed by atoms with Crippen LogP contribution in [0.25, 0.3) is 10.6 Å². The summed E-state index contributed by atoms with van der Waals surface area (Å²) in [4.78, 5) is 13.2. The third kappa shape index (κ3) is 3.61. The summed E-state index contributed by atoms with van der Waals surface area (Å²) in [6.45, 7) is 2.01. The van der Waals surface area contributed by atoms with Crippen LogP contribution in [-0.2, 0) is 0 Å². The second kappa shape index (κ2) is 6.85. The summed E-state index contributed by atoms with van der Waals surface area (Å²) >= 11 is 3.05. The first kappa shape index (κ1) is 14.9. The maximum Gasteiger partial charge on any atom is 0.173 e. The highest BCUT2D eigenvalue weighted by atomic mass is 32.2. The zero-order valence-electron chi connectivity index (χ0n) is 12.0. The standard InChI is InChI=1S/C17H14N2OS2/c1-12-4-6-13(7-5-12)15(20)11-22-17-9-8-14(18-19-17)16-3-2-10-21-16/h2-10H,11H2,1H3. The van der Waals surface area contributed by atoms with Crippen molar-refractivity contribution in [2.45, 2.75) is 11.9 Å². The Kier molecular flexibility index (Phi) is 4.65. The van der Waals surface area contributed by atoms with Crippen LogP contribution in [0.5, 0.6) is 0 Å². The van der Waals surface area contributed by atoms with Crippen molar-refractivity contribution in [2.75, 3.05) is 5.75 Å². The Hall–Kier alpha value is -1.98. The number of ketones is 1. The quantitative estimate of drug-likeness (QED) is 0.512. The molecule has 0 N–H and O–H groups in total. The molecule has 3 rings (SSSR count). The molecule has 0 bridgehead atoms. The summed E-state index contributed by atoms with van der Waals surface area (Å²) in [5.74, 6) is 0.477. The van der Waals surface area contributed by atoms with Crippen LogP contribution in [0.2, 0.25) is 0 Å². The average molecular weight is 326 g/mol. The molecule has 0 fully saturated rings. The number of aromatic nitrogens is 2. The third-order valence-electron chi connectivity index (χ3n) is 3.14. The van der Waals surface area contributed by atoms with Gasteiger partial charge in [0.2, 0.25) is 0 Å². The maximum absolute atomic E-state index is 12.1. The van der Waals surface area contributed by atoms with Crippen LogP contribution in [0.15, 0.2) is 58.9 Å². The van der Waals surface area contributed by atoms with Gasteiger partial charge in [-0.2, -0.15) is 0 Å². The minimum absolute atomic E-state index is 0.106. The van der Waals surface area contributed by atoms with Crippen LogP contribution in [0.3, 0.4) is 0 Å². The number of hydrogen-bond acceptors (Lipinski definition) is 5. The Labute approximate surface area is 137 Å². The molecule has 1 aromatic carbocycles. The van der Waals surface area contributed by atoms with E-state index >= 15 is 0 Å². The fourth-order valence-corrected chi connectivity index (χ4v) is 3.31. The number of thiophene rings is 1. The monoisotopic (exact) mass is 326 g/mol. The van der Waals surface area contributed by atoms with Crippen LogP contribution in [-0.4, -0.2) is 21.7 Å². The minimum atomic E-state index is 0.106. The molecule has 0 atom stereocenters. The zero-order valence-corrected chi connectivity index (χ0v) is 13.7. The number of aryl methyl sites for hydroxylation is 1.